The maximum atomic E-state index is 12.7. The first-order chi connectivity index (χ1) is 14.6. The summed E-state index contributed by atoms with van der Waals surface area (Å²) in [6.07, 6.45) is 4.65. The maximum absolute atomic E-state index is 12.7. The minimum Gasteiger partial charge on any atom is -0.497 e. The molecule has 1 amide bonds. The number of rotatable bonds is 5. The summed E-state index contributed by atoms with van der Waals surface area (Å²) in [6.45, 7) is 4.88. The van der Waals surface area contributed by atoms with Crippen molar-refractivity contribution < 1.29 is 14.3 Å². The van der Waals surface area contributed by atoms with E-state index in [0.29, 0.717) is 5.41 Å². The topological polar surface area (TPSA) is 42.0 Å². The average Bonchev–Trinajstić information content (AvgIpc) is 2.81. The van der Waals surface area contributed by atoms with E-state index in [9.17, 15) is 4.79 Å². The number of piperidine rings is 2. The molecular weight excluding hydrogens is 376 g/mol. The highest BCUT2D eigenvalue weighted by molar-refractivity contribution is 5.94. The Labute approximate surface area is 179 Å². The molecule has 160 valence electrons. The molecule has 30 heavy (non-hydrogen) atoms. The number of carbonyl (C=O) groups excluding carboxylic acids is 1. The summed E-state index contributed by atoms with van der Waals surface area (Å²) in [5.74, 6) is 1.86. The van der Waals surface area contributed by atoms with Crippen LogP contribution in [0.15, 0.2) is 48.5 Å². The van der Waals surface area contributed by atoms with Gasteiger partial charge in [0.25, 0.3) is 5.91 Å². The van der Waals surface area contributed by atoms with Crippen LogP contribution in [-0.2, 0) is 6.54 Å². The summed E-state index contributed by atoms with van der Waals surface area (Å²) in [7, 11) is 3.39. The van der Waals surface area contributed by atoms with Gasteiger partial charge in [0.2, 0.25) is 0 Å². The number of carbonyl (C=O) groups is 1. The SMILES string of the molecule is COc1cc(CN2CCC3(CC2)CCN(C(=O)c2ccccc2)CC3)cc(OC)c1. The smallest absolute Gasteiger partial charge is 0.253 e. The zero-order valence-electron chi connectivity index (χ0n) is 18.1. The molecule has 2 aliphatic rings. The third kappa shape index (κ3) is 4.62. The predicted octanol–water partition coefficient (Wildman–Crippen LogP) is 4.22. The van der Waals surface area contributed by atoms with Crippen LogP contribution in [-0.4, -0.2) is 56.1 Å². The molecule has 2 saturated heterocycles. The van der Waals surface area contributed by atoms with Crippen molar-refractivity contribution in [3.05, 3.63) is 59.7 Å². The third-order valence-electron chi connectivity index (χ3n) is 6.87. The lowest BCUT2D eigenvalue weighted by Gasteiger charge is -2.47. The number of ether oxygens (including phenoxy) is 2. The van der Waals surface area contributed by atoms with E-state index >= 15 is 0 Å². The van der Waals surface area contributed by atoms with Crippen LogP contribution in [0.1, 0.15) is 41.6 Å². The lowest BCUT2D eigenvalue weighted by Crippen LogP contribution is -2.48. The van der Waals surface area contributed by atoms with Crippen molar-refractivity contribution in [2.24, 2.45) is 5.41 Å². The highest BCUT2D eigenvalue weighted by Crippen LogP contribution is 2.41. The Hall–Kier alpha value is -2.53. The molecular formula is C25H32N2O3. The van der Waals surface area contributed by atoms with Gasteiger partial charge >= 0.3 is 0 Å². The molecule has 0 saturated carbocycles. The maximum Gasteiger partial charge on any atom is 0.253 e. The molecule has 4 rings (SSSR count). The molecule has 1 spiro atoms. The fraction of sp³-hybridized carbons (Fsp3) is 0.480. The van der Waals surface area contributed by atoms with Crippen LogP contribution in [0.25, 0.3) is 0 Å². The third-order valence-corrected chi connectivity index (χ3v) is 6.87. The Kier molecular flexibility index (Phi) is 6.28. The molecule has 2 aromatic carbocycles. The lowest BCUT2D eigenvalue weighted by molar-refractivity contribution is 0.0285. The van der Waals surface area contributed by atoms with Gasteiger partial charge in [0.15, 0.2) is 0 Å². The van der Waals surface area contributed by atoms with Gasteiger partial charge in [0, 0.05) is 31.3 Å². The summed E-state index contributed by atoms with van der Waals surface area (Å²) in [5, 5.41) is 0. The Morgan fingerprint density at radius 2 is 1.43 bits per heavy atom. The van der Waals surface area contributed by atoms with Crippen LogP contribution in [0.3, 0.4) is 0 Å². The molecule has 5 nitrogen and oxygen atoms in total. The molecule has 0 unspecified atom stereocenters. The first kappa shape index (κ1) is 20.7. The van der Waals surface area contributed by atoms with Crippen molar-refractivity contribution in [3.8, 4) is 11.5 Å². The first-order valence-electron chi connectivity index (χ1n) is 10.9. The van der Waals surface area contributed by atoms with Crippen molar-refractivity contribution in [2.45, 2.75) is 32.2 Å². The summed E-state index contributed by atoms with van der Waals surface area (Å²) in [5.41, 5.74) is 2.43. The highest BCUT2D eigenvalue weighted by atomic mass is 16.5. The summed E-state index contributed by atoms with van der Waals surface area (Å²) >= 11 is 0. The van der Waals surface area contributed by atoms with Gasteiger partial charge in [0.1, 0.15) is 11.5 Å². The Morgan fingerprint density at radius 3 is 2.00 bits per heavy atom. The van der Waals surface area contributed by atoms with Crippen molar-refractivity contribution in [1.82, 2.24) is 9.80 Å². The normalized spacial score (nSPS) is 18.9. The molecule has 2 fully saturated rings. The molecule has 2 heterocycles. The van der Waals surface area contributed by atoms with Crippen LogP contribution in [0.5, 0.6) is 11.5 Å². The van der Waals surface area contributed by atoms with Gasteiger partial charge < -0.3 is 14.4 Å². The van der Waals surface area contributed by atoms with E-state index in [1.807, 2.05) is 41.3 Å². The van der Waals surface area contributed by atoms with Crippen LogP contribution in [0, 0.1) is 5.41 Å². The van der Waals surface area contributed by atoms with Crippen molar-refractivity contribution in [3.63, 3.8) is 0 Å². The minimum absolute atomic E-state index is 0.176. The summed E-state index contributed by atoms with van der Waals surface area (Å²) < 4.78 is 10.8. The monoisotopic (exact) mass is 408 g/mol. The molecule has 2 aromatic rings. The fourth-order valence-electron chi connectivity index (χ4n) is 4.85. The molecule has 0 aliphatic carbocycles. The number of hydrogen-bond acceptors (Lipinski definition) is 4. The Bertz CT molecular complexity index is 828. The Balaban J connectivity index is 1.30. The zero-order chi connectivity index (χ0) is 21.0. The minimum atomic E-state index is 0.176. The van der Waals surface area contributed by atoms with Crippen LogP contribution in [0.2, 0.25) is 0 Å². The average molecular weight is 409 g/mol. The molecule has 0 radical (unpaired) electrons. The van der Waals surface area contributed by atoms with Gasteiger partial charge in [-0.05, 0) is 74.0 Å². The van der Waals surface area contributed by atoms with Gasteiger partial charge in [0.05, 0.1) is 14.2 Å². The molecule has 0 atom stereocenters. The molecule has 0 aromatic heterocycles. The van der Waals surface area contributed by atoms with E-state index in [-0.39, 0.29) is 5.91 Å². The molecule has 0 N–H and O–H groups in total. The van der Waals surface area contributed by atoms with Gasteiger partial charge in [-0.25, -0.2) is 0 Å². The molecule has 2 aliphatic heterocycles. The fourth-order valence-corrected chi connectivity index (χ4v) is 4.85. The van der Waals surface area contributed by atoms with E-state index in [2.05, 4.69) is 17.0 Å². The van der Waals surface area contributed by atoms with E-state index in [0.717, 1.165) is 62.6 Å². The van der Waals surface area contributed by atoms with Crippen molar-refractivity contribution >= 4 is 5.91 Å². The zero-order valence-corrected chi connectivity index (χ0v) is 18.1. The predicted molar refractivity (Wildman–Crippen MR) is 118 cm³/mol. The number of benzene rings is 2. The van der Waals surface area contributed by atoms with Gasteiger partial charge in [-0.2, -0.15) is 0 Å². The van der Waals surface area contributed by atoms with Crippen LogP contribution >= 0.6 is 0 Å². The van der Waals surface area contributed by atoms with Gasteiger partial charge in [-0.15, -0.1) is 0 Å². The highest BCUT2D eigenvalue weighted by Gasteiger charge is 2.38. The van der Waals surface area contributed by atoms with Crippen LogP contribution in [0.4, 0.5) is 0 Å². The van der Waals surface area contributed by atoms with Crippen LogP contribution < -0.4 is 9.47 Å². The quantitative estimate of drug-likeness (QED) is 0.743. The second-order valence-corrected chi connectivity index (χ2v) is 8.66. The standard InChI is InChI=1S/C25H32N2O3/c1-29-22-16-20(17-23(18-22)30-2)19-26-12-8-25(9-13-26)10-14-27(15-11-25)24(28)21-6-4-3-5-7-21/h3-7,16-18H,8-15,19H2,1-2H3. The van der Waals surface area contributed by atoms with Crippen molar-refractivity contribution in [1.29, 1.82) is 0 Å². The van der Waals surface area contributed by atoms with Gasteiger partial charge in [-0.3, -0.25) is 9.69 Å². The Morgan fingerprint density at radius 1 is 0.867 bits per heavy atom. The number of methoxy groups -OCH3 is 2. The molecule has 0 bridgehead atoms. The van der Waals surface area contributed by atoms with E-state index in [1.54, 1.807) is 14.2 Å². The van der Waals surface area contributed by atoms with E-state index in [4.69, 9.17) is 9.47 Å². The number of amides is 1. The van der Waals surface area contributed by atoms with E-state index < -0.39 is 0 Å². The summed E-state index contributed by atoms with van der Waals surface area (Å²) in [4.78, 5) is 17.3. The lowest BCUT2D eigenvalue weighted by atomic mass is 9.71. The summed E-state index contributed by atoms with van der Waals surface area (Å²) in [6, 6.07) is 15.8. The number of likely N-dealkylation sites (tertiary alicyclic amines) is 2. The van der Waals surface area contributed by atoms with E-state index in [1.165, 1.54) is 18.4 Å². The largest absolute Gasteiger partial charge is 0.497 e. The number of hydrogen-bond donors (Lipinski definition) is 0. The first-order valence-corrected chi connectivity index (χ1v) is 10.9. The second-order valence-electron chi connectivity index (χ2n) is 8.66. The second kappa shape index (κ2) is 9.09. The van der Waals surface area contributed by atoms with Gasteiger partial charge in [-0.1, -0.05) is 18.2 Å². The number of nitrogens with zero attached hydrogens (tertiary/aromatic N) is 2. The molecule has 5 heteroatoms. The van der Waals surface area contributed by atoms with Crippen molar-refractivity contribution in [2.75, 3.05) is 40.4 Å².